The van der Waals surface area contributed by atoms with Crippen LogP contribution in [0.3, 0.4) is 0 Å². The standard InChI is InChI=1S/C17H17FN2O3/c1-19-16(22)12-4-2-3-11(9-12)7-8-20-17(23)14-6-5-13(21)10-15(14)18/h2-6,9-10,21H,7-8H2,1H3,(H,19,22)(H,20,23). The van der Waals surface area contributed by atoms with Crippen LogP contribution in [-0.4, -0.2) is 30.5 Å². The molecule has 0 unspecified atom stereocenters. The largest absolute Gasteiger partial charge is 0.508 e. The van der Waals surface area contributed by atoms with Gasteiger partial charge in [0.1, 0.15) is 11.6 Å². The lowest BCUT2D eigenvalue weighted by Crippen LogP contribution is -2.26. The van der Waals surface area contributed by atoms with Crippen molar-refractivity contribution in [2.24, 2.45) is 0 Å². The predicted molar refractivity (Wildman–Crippen MR) is 83.9 cm³/mol. The fourth-order valence-corrected chi connectivity index (χ4v) is 2.12. The third-order valence-electron chi connectivity index (χ3n) is 3.31. The molecule has 5 nitrogen and oxygen atoms in total. The van der Waals surface area contributed by atoms with Gasteiger partial charge in [-0.05, 0) is 36.2 Å². The Morgan fingerprint density at radius 1 is 1.13 bits per heavy atom. The van der Waals surface area contributed by atoms with Crippen molar-refractivity contribution in [3.8, 4) is 5.75 Å². The number of benzene rings is 2. The number of hydrogen-bond donors (Lipinski definition) is 3. The van der Waals surface area contributed by atoms with Gasteiger partial charge in [0.05, 0.1) is 5.56 Å². The summed E-state index contributed by atoms with van der Waals surface area (Å²) in [6.45, 7) is 0.302. The Bertz CT molecular complexity index is 732. The number of rotatable bonds is 5. The molecule has 0 heterocycles. The van der Waals surface area contributed by atoms with Crippen LogP contribution in [0.4, 0.5) is 4.39 Å². The summed E-state index contributed by atoms with van der Waals surface area (Å²) in [5, 5.41) is 14.3. The highest BCUT2D eigenvalue weighted by Crippen LogP contribution is 2.14. The molecule has 2 aromatic carbocycles. The second-order valence-electron chi connectivity index (χ2n) is 4.95. The minimum atomic E-state index is -0.774. The first kappa shape index (κ1) is 16.5. The number of aromatic hydroxyl groups is 1. The zero-order chi connectivity index (χ0) is 16.8. The first-order chi connectivity index (χ1) is 11.0. The van der Waals surface area contributed by atoms with Crippen LogP contribution in [0.1, 0.15) is 26.3 Å². The molecule has 0 saturated carbocycles. The molecule has 0 aliphatic heterocycles. The molecule has 120 valence electrons. The average molecular weight is 316 g/mol. The zero-order valence-corrected chi connectivity index (χ0v) is 12.6. The molecule has 0 saturated heterocycles. The normalized spacial score (nSPS) is 10.2. The highest BCUT2D eigenvalue weighted by molar-refractivity contribution is 5.95. The predicted octanol–water partition coefficient (Wildman–Crippen LogP) is 1.86. The molecule has 0 aliphatic rings. The maximum absolute atomic E-state index is 13.6. The Labute approximate surface area is 133 Å². The molecule has 0 atom stereocenters. The van der Waals surface area contributed by atoms with E-state index in [1.165, 1.54) is 12.1 Å². The van der Waals surface area contributed by atoms with Gasteiger partial charge >= 0.3 is 0 Å². The molecular weight excluding hydrogens is 299 g/mol. The van der Waals surface area contributed by atoms with E-state index in [0.29, 0.717) is 18.5 Å². The molecule has 0 aliphatic carbocycles. The van der Waals surface area contributed by atoms with E-state index in [1.807, 2.05) is 6.07 Å². The summed E-state index contributed by atoms with van der Waals surface area (Å²) < 4.78 is 13.6. The summed E-state index contributed by atoms with van der Waals surface area (Å²) in [7, 11) is 1.56. The maximum Gasteiger partial charge on any atom is 0.254 e. The number of carbonyl (C=O) groups is 2. The Morgan fingerprint density at radius 2 is 1.91 bits per heavy atom. The van der Waals surface area contributed by atoms with E-state index in [4.69, 9.17) is 5.11 Å². The van der Waals surface area contributed by atoms with Crippen molar-refractivity contribution in [1.29, 1.82) is 0 Å². The molecular formula is C17H17FN2O3. The van der Waals surface area contributed by atoms with Crippen molar-refractivity contribution in [3.05, 3.63) is 65.0 Å². The quantitative estimate of drug-likeness (QED) is 0.788. The number of phenols is 1. The summed E-state index contributed by atoms with van der Waals surface area (Å²) in [5.41, 5.74) is 1.31. The Hall–Kier alpha value is -2.89. The molecule has 2 amide bonds. The van der Waals surface area contributed by atoms with Crippen LogP contribution in [0.15, 0.2) is 42.5 Å². The molecule has 2 aromatic rings. The van der Waals surface area contributed by atoms with Gasteiger partial charge in [-0.25, -0.2) is 4.39 Å². The number of halogens is 1. The third kappa shape index (κ3) is 4.29. The number of hydrogen-bond acceptors (Lipinski definition) is 3. The second kappa shape index (κ2) is 7.40. The van der Waals surface area contributed by atoms with Crippen molar-refractivity contribution in [2.45, 2.75) is 6.42 Å². The third-order valence-corrected chi connectivity index (χ3v) is 3.31. The van der Waals surface area contributed by atoms with Gasteiger partial charge in [0.25, 0.3) is 11.8 Å². The highest BCUT2D eigenvalue weighted by atomic mass is 19.1. The number of nitrogens with one attached hydrogen (secondary N) is 2. The van der Waals surface area contributed by atoms with Crippen LogP contribution < -0.4 is 10.6 Å². The molecule has 6 heteroatoms. The molecule has 2 rings (SSSR count). The number of phenolic OH excluding ortho intramolecular Hbond substituents is 1. The summed E-state index contributed by atoms with van der Waals surface area (Å²) in [4.78, 5) is 23.4. The van der Waals surface area contributed by atoms with E-state index in [2.05, 4.69) is 10.6 Å². The highest BCUT2D eigenvalue weighted by Gasteiger charge is 2.11. The van der Waals surface area contributed by atoms with Gasteiger partial charge in [0.15, 0.2) is 0 Å². The summed E-state index contributed by atoms with van der Waals surface area (Å²) >= 11 is 0. The van der Waals surface area contributed by atoms with E-state index in [0.717, 1.165) is 11.6 Å². The monoisotopic (exact) mass is 316 g/mol. The summed E-state index contributed by atoms with van der Waals surface area (Å²) in [6, 6.07) is 10.4. The van der Waals surface area contributed by atoms with Crippen LogP contribution in [0.5, 0.6) is 5.75 Å². The van der Waals surface area contributed by atoms with Gasteiger partial charge in [0, 0.05) is 25.2 Å². The molecule has 0 radical (unpaired) electrons. The molecule has 0 bridgehead atoms. The van der Waals surface area contributed by atoms with Crippen LogP contribution in [0.2, 0.25) is 0 Å². The van der Waals surface area contributed by atoms with Crippen molar-refractivity contribution < 1.29 is 19.1 Å². The Kier molecular flexibility index (Phi) is 5.30. The topological polar surface area (TPSA) is 78.4 Å². The second-order valence-corrected chi connectivity index (χ2v) is 4.95. The van der Waals surface area contributed by atoms with Crippen molar-refractivity contribution in [3.63, 3.8) is 0 Å². The van der Waals surface area contributed by atoms with E-state index >= 15 is 0 Å². The Morgan fingerprint density at radius 3 is 2.61 bits per heavy atom. The molecule has 3 N–H and O–H groups in total. The minimum absolute atomic E-state index is 0.123. The number of amides is 2. The minimum Gasteiger partial charge on any atom is -0.508 e. The van der Waals surface area contributed by atoms with Crippen molar-refractivity contribution in [2.75, 3.05) is 13.6 Å². The van der Waals surface area contributed by atoms with E-state index in [-0.39, 0.29) is 17.2 Å². The van der Waals surface area contributed by atoms with Gasteiger partial charge in [-0.15, -0.1) is 0 Å². The summed E-state index contributed by atoms with van der Waals surface area (Å²) in [5.74, 6) is -1.74. The zero-order valence-electron chi connectivity index (χ0n) is 12.6. The fourth-order valence-electron chi connectivity index (χ4n) is 2.12. The summed E-state index contributed by atoms with van der Waals surface area (Å²) in [6.07, 6.45) is 0.510. The fraction of sp³-hybridized carbons (Fsp3) is 0.176. The lowest BCUT2D eigenvalue weighted by Gasteiger charge is -2.07. The first-order valence-electron chi connectivity index (χ1n) is 7.09. The van der Waals surface area contributed by atoms with E-state index in [1.54, 1.807) is 25.2 Å². The first-order valence-corrected chi connectivity index (χ1v) is 7.09. The Balaban J connectivity index is 1.94. The van der Waals surface area contributed by atoms with Gasteiger partial charge in [-0.2, -0.15) is 0 Å². The maximum atomic E-state index is 13.6. The molecule has 23 heavy (non-hydrogen) atoms. The molecule has 0 spiro atoms. The molecule has 0 aromatic heterocycles. The van der Waals surface area contributed by atoms with Gasteiger partial charge < -0.3 is 15.7 Å². The van der Waals surface area contributed by atoms with Crippen LogP contribution in [-0.2, 0) is 6.42 Å². The van der Waals surface area contributed by atoms with Crippen LogP contribution in [0.25, 0.3) is 0 Å². The lowest BCUT2D eigenvalue weighted by atomic mass is 10.1. The average Bonchev–Trinajstić information content (AvgIpc) is 2.54. The smallest absolute Gasteiger partial charge is 0.254 e. The number of carbonyl (C=O) groups excluding carboxylic acids is 2. The van der Waals surface area contributed by atoms with Crippen LogP contribution >= 0.6 is 0 Å². The van der Waals surface area contributed by atoms with Gasteiger partial charge in [-0.1, -0.05) is 12.1 Å². The van der Waals surface area contributed by atoms with Crippen LogP contribution in [0, 0.1) is 5.82 Å². The molecule has 0 fully saturated rings. The van der Waals surface area contributed by atoms with E-state index in [9.17, 15) is 14.0 Å². The SMILES string of the molecule is CNC(=O)c1cccc(CCNC(=O)c2ccc(O)cc2F)c1. The van der Waals surface area contributed by atoms with E-state index < -0.39 is 11.7 Å². The van der Waals surface area contributed by atoms with Gasteiger partial charge in [-0.3, -0.25) is 9.59 Å². The van der Waals surface area contributed by atoms with Crippen molar-refractivity contribution >= 4 is 11.8 Å². The lowest BCUT2D eigenvalue weighted by molar-refractivity contribution is 0.0945. The van der Waals surface area contributed by atoms with Crippen molar-refractivity contribution in [1.82, 2.24) is 10.6 Å². The van der Waals surface area contributed by atoms with Gasteiger partial charge in [0.2, 0.25) is 0 Å².